The van der Waals surface area contributed by atoms with Gasteiger partial charge in [-0.2, -0.15) is 0 Å². The van der Waals surface area contributed by atoms with E-state index in [1.165, 1.54) is 12.1 Å². The summed E-state index contributed by atoms with van der Waals surface area (Å²) in [5, 5.41) is 0. The van der Waals surface area contributed by atoms with Crippen LogP contribution in [0.5, 0.6) is 0 Å². The van der Waals surface area contributed by atoms with Gasteiger partial charge in [0.1, 0.15) is 11.5 Å². The first-order valence-corrected chi connectivity index (χ1v) is 6.71. The lowest BCUT2D eigenvalue weighted by atomic mass is 10.2. The Morgan fingerprint density at radius 1 is 1.32 bits per heavy atom. The summed E-state index contributed by atoms with van der Waals surface area (Å²) >= 11 is 0. The summed E-state index contributed by atoms with van der Waals surface area (Å²) in [6.45, 7) is 4.95. The highest BCUT2D eigenvalue weighted by atomic mass is 19.1. The van der Waals surface area contributed by atoms with Crippen molar-refractivity contribution < 1.29 is 9.18 Å². The topological polar surface area (TPSA) is 36.4 Å². The number of pyridine rings is 1. The van der Waals surface area contributed by atoms with Crippen LogP contribution >= 0.6 is 0 Å². The average Bonchev–Trinajstić information content (AvgIpc) is 2.61. The molecule has 1 aromatic rings. The zero-order valence-corrected chi connectivity index (χ0v) is 11.3. The van der Waals surface area contributed by atoms with Gasteiger partial charge in [0.15, 0.2) is 5.78 Å². The molecule has 2 heterocycles. The second-order valence-corrected chi connectivity index (χ2v) is 5.03. The molecule has 0 unspecified atom stereocenters. The van der Waals surface area contributed by atoms with E-state index in [4.69, 9.17) is 0 Å². The molecule has 1 aliphatic rings. The van der Waals surface area contributed by atoms with Crippen molar-refractivity contribution in [3.8, 4) is 0 Å². The molecular formula is C14H20FN3O. The van der Waals surface area contributed by atoms with Crippen molar-refractivity contribution in [1.82, 2.24) is 14.8 Å². The van der Waals surface area contributed by atoms with Crippen molar-refractivity contribution in [2.75, 3.05) is 39.8 Å². The summed E-state index contributed by atoms with van der Waals surface area (Å²) in [6, 6.07) is 2.73. The van der Waals surface area contributed by atoms with E-state index in [9.17, 15) is 9.18 Å². The molecule has 0 bridgehead atoms. The van der Waals surface area contributed by atoms with Gasteiger partial charge < -0.3 is 9.80 Å². The third-order valence-corrected chi connectivity index (χ3v) is 3.48. The highest BCUT2D eigenvalue weighted by Gasteiger charge is 2.14. The summed E-state index contributed by atoms with van der Waals surface area (Å²) in [5.41, 5.74) is 0.355. The third-order valence-electron chi connectivity index (χ3n) is 3.48. The van der Waals surface area contributed by atoms with E-state index < -0.39 is 5.82 Å². The Balaban J connectivity index is 1.81. The van der Waals surface area contributed by atoms with Crippen LogP contribution in [-0.2, 0) is 0 Å². The molecule has 0 aromatic carbocycles. The molecule has 2 rings (SSSR count). The fraction of sp³-hybridized carbons (Fsp3) is 0.571. The molecule has 19 heavy (non-hydrogen) atoms. The first-order valence-electron chi connectivity index (χ1n) is 6.71. The quantitative estimate of drug-likeness (QED) is 0.772. The van der Waals surface area contributed by atoms with E-state index in [0.29, 0.717) is 12.1 Å². The number of aromatic nitrogens is 1. The number of likely N-dealkylation sites (N-methyl/N-ethyl adjacent to an activating group) is 1. The first-order chi connectivity index (χ1) is 9.15. The Hall–Kier alpha value is -1.33. The lowest BCUT2D eigenvalue weighted by Gasteiger charge is -2.19. The Kier molecular flexibility index (Phi) is 4.99. The van der Waals surface area contributed by atoms with Gasteiger partial charge in [-0.3, -0.25) is 9.78 Å². The molecule has 1 aliphatic heterocycles. The Labute approximate surface area is 113 Å². The molecule has 0 aliphatic carbocycles. The molecule has 0 radical (unpaired) electrons. The van der Waals surface area contributed by atoms with Crippen molar-refractivity contribution in [3.05, 3.63) is 29.8 Å². The van der Waals surface area contributed by atoms with Crippen LogP contribution in [0, 0.1) is 5.82 Å². The second-order valence-electron chi connectivity index (χ2n) is 5.03. The summed E-state index contributed by atoms with van der Waals surface area (Å²) in [7, 11) is 2.12. The summed E-state index contributed by atoms with van der Waals surface area (Å²) in [4.78, 5) is 20.4. The number of Topliss-reactive ketones (excluding diaryl/α,β-unsaturated/α-hetero) is 1. The van der Waals surface area contributed by atoms with E-state index in [1.807, 2.05) is 0 Å². The maximum absolute atomic E-state index is 12.7. The fourth-order valence-electron chi connectivity index (χ4n) is 2.25. The maximum atomic E-state index is 12.7. The van der Waals surface area contributed by atoms with E-state index >= 15 is 0 Å². The van der Waals surface area contributed by atoms with Crippen LogP contribution in [0.15, 0.2) is 18.3 Å². The van der Waals surface area contributed by atoms with Crippen molar-refractivity contribution >= 4 is 5.78 Å². The molecule has 0 spiro atoms. The SMILES string of the molecule is CN1CCCN(CCC(=O)c2ccc(F)cn2)CC1. The van der Waals surface area contributed by atoms with E-state index in [2.05, 4.69) is 21.8 Å². The van der Waals surface area contributed by atoms with Gasteiger partial charge in [-0.25, -0.2) is 4.39 Å². The van der Waals surface area contributed by atoms with Gasteiger partial charge in [0.2, 0.25) is 0 Å². The maximum Gasteiger partial charge on any atom is 0.182 e. The number of rotatable bonds is 4. The summed E-state index contributed by atoms with van der Waals surface area (Å²) < 4.78 is 12.7. The normalized spacial score (nSPS) is 18.2. The van der Waals surface area contributed by atoms with Gasteiger partial charge in [-0.1, -0.05) is 0 Å². The van der Waals surface area contributed by atoms with Gasteiger partial charge in [0.05, 0.1) is 6.20 Å². The minimum absolute atomic E-state index is 0.0161. The van der Waals surface area contributed by atoms with Crippen LogP contribution in [0.3, 0.4) is 0 Å². The van der Waals surface area contributed by atoms with Crippen molar-refractivity contribution in [1.29, 1.82) is 0 Å². The lowest BCUT2D eigenvalue weighted by molar-refractivity contribution is 0.0960. The molecule has 0 amide bonds. The molecular weight excluding hydrogens is 245 g/mol. The minimum Gasteiger partial charge on any atom is -0.305 e. The predicted octanol–water partition coefficient (Wildman–Crippen LogP) is 1.43. The smallest absolute Gasteiger partial charge is 0.182 e. The zero-order valence-electron chi connectivity index (χ0n) is 11.3. The molecule has 104 valence electrons. The monoisotopic (exact) mass is 265 g/mol. The highest BCUT2D eigenvalue weighted by molar-refractivity contribution is 5.94. The summed E-state index contributed by atoms with van der Waals surface area (Å²) in [5.74, 6) is -0.426. The van der Waals surface area contributed by atoms with Crippen LogP contribution in [0.4, 0.5) is 4.39 Å². The van der Waals surface area contributed by atoms with E-state index in [0.717, 1.165) is 45.3 Å². The predicted molar refractivity (Wildman–Crippen MR) is 71.7 cm³/mol. The molecule has 0 atom stereocenters. The Morgan fingerprint density at radius 3 is 2.89 bits per heavy atom. The van der Waals surface area contributed by atoms with Gasteiger partial charge >= 0.3 is 0 Å². The Bertz CT molecular complexity index is 421. The third kappa shape index (κ3) is 4.36. The number of hydrogen-bond acceptors (Lipinski definition) is 4. The zero-order chi connectivity index (χ0) is 13.7. The van der Waals surface area contributed by atoms with Crippen LogP contribution in [0.1, 0.15) is 23.3 Å². The van der Waals surface area contributed by atoms with Crippen LogP contribution in [0.2, 0.25) is 0 Å². The number of halogens is 1. The molecule has 4 nitrogen and oxygen atoms in total. The standard InChI is InChI=1S/C14H20FN3O/c1-17-6-2-7-18(10-9-17)8-5-14(19)13-4-3-12(15)11-16-13/h3-4,11H,2,5-10H2,1H3. The van der Waals surface area contributed by atoms with E-state index in [-0.39, 0.29) is 5.78 Å². The number of nitrogens with zero attached hydrogens (tertiary/aromatic N) is 3. The highest BCUT2D eigenvalue weighted by Crippen LogP contribution is 2.06. The number of carbonyl (C=O) groups is 1. The summed E-state index contributed by atoms with van der Waals surface area (Å²) in [6.07, 6.45) is 2.68. The van der Waals surface area contributed by atoms with E-state index in [1.54, 1.807) is 0 Å². The first kappa shape index (κ1) is 14.1. The molecule has 1 fully saturated rings. The average molecular weight is 265 g/mol. The van der Waals surface area contributed by atoms with Gasteiger partial charge in [0.25, 0.3) is 0 Å². The fourth-order valence-corrected chi connectivity index (χ4v) is 2.25. The minimum atomic E-state index is -0.410. The van der Waals surface area contributed by atoms with Crippen LogP contribution in [0.25, 0.3) is 0 Å². The van der Waals surface area contributed by atoms with Crippen molar-refractivity contribution in [2.45, 2.75) is 12.8 Å². The van der Waals surface area contributed by atoms with Gasteiger partial charge in [-0.05, 0) is 38.7 Å². The lowest BCUT2D eigenvalue weighted by Crippen LogP contribution is -2.30. The molecule has 0 N–H and O–H groups in total. The van der Waals surface area contributed by atoms with Crippen LogP contribution in [-0.4, -0.2) is 60.3 Å². The molecule has 1 saturated heterocycles. The Morgan fingerprint density at radius 2 is 2.16 bits per heavy atom. The van der Waals surface area contributed by atoms with Crippen LogP contribution < -0.4 is 0 Å². The number of hydrogen-bond donors (Lipinski definition) is 0. The molecule has 5 heteroatoms. The number of ketones is 1. The van der Waals surface area contributed by atoms with Gasteiger partial charge in [0, 0.05) is 26.1 Å². The van der Waals surface area contributed by atoms with Gasteiger partial charge in [-0.15, -0.1) is 0 Å². The number of carbonyl (C=O) groups excluding carboxylic acids is 1. The largest absolute Gasteiger partial charge is 0.305 e. The molecule has 1 aromatic heterocycles. The molecule has 0 saturated carbocycles. The second kappa shape index (κ2) is 6.73. The van der Waals surface area contributed by atoms with Crippen molar-refractivity contribution in [3.63, 3.8) is 0 Å². The van der Waals surface area contributed by atoms with Crippen molar-refractivity contribution in [2.24, 2.45) is 0 Å².